The first-order valence-electron chi connectivity index (χ1n) is 10.2. The van der Waals surface area contributed by atoms with Crippen molar-refractivity contribution in [3.63, 3.8) is 0 Å². The molecule has 1 N–H and O–H groups in total. The van der Waals surface area contributed by atoms with Crippen LogP contribution in [-0.4, -0.2) is 45.2 Å². The number of aromatic nitrogens is 3. The third kappa shape index (κ3) is 3.68. The van der Waals surface area contributed by atoms with E-state index in [2.05, 4.69) is 33.5 Å². The van der Waals surface area contributed by atoms with Gasteiger partial charge in [0.25, 0.3) is 0 Å². The number of hydrogen-bond acceptors (Lipinski definition) is 4. The highest BCUT2D eigenvalue weighted by Crippen LogP contribution is 2.38. The lowest BCUT2D eigenvalue weighted by atomic mass is 9.77. The van der Waals surface area contributed by atoms with E-state index in [9.17, 15) is 4.79 Å². The standard InChI is InChI=1S/C23H25N5O/c29-21-14-23(17-25-21)8-12-27(13-9-23)15-19-16-28(20-4-2-1-3-5-20)26-22(19)18-6-10-24-11-7-18/h1-7,10-11,16H,8-9,12-15,17H2,(H,25,29). The summed E-state index contributed by atoms with van der Waals surface area (Å²) in [6.45, 7) is 3.73. The van der Waals surface area contributed by atoms with Crippen LogP contribution in [0.3, 0.4) is 0 Å². The van der Waals surface area contributed by atoms with Crippen LogP contribution in [0.1, 0.15) is 24.8 Å². The van der Waals surface area contributed by atoms with E-state index < -0.39 is 0 Å². The van der Waals surface area contributed by atoms with Gasteiger partial charge >= 0.3 is 0 Å². The fraction of sp³-hybridized carbons (Fsp3) is 0.348. The monoisotopic (exact) mass is 387 g/mol. The van der Waals surface area contributed by atoms with E-state index in [4.69, 9.17) is 5.10 Å². The quantitative estimate of drug-likeness (QED) is 0.747. The first-order valence-corrected chi connectivity index (χ1v) is 10.2. The lowest BCUT2D eigenvalue weighted by Crippen LogP contribution is -2.40. The van der Waals surface area contributed by atoms with Crippen molar-refractivity contribution in [2.24, 2.45) is 5.41 Å². The molecule has 2 aliphatic heterocycles. The van der Waals surface area contributed by atoms with Gasteiger partial charge in [-0.15, -0.1) is 0 Å². The Morgan fingerprint density at radius 3 is 2.48 bits per heavy atom. The molecule has 148 valence electrons. The summed E-state index contributed by atoms with van der Waals surface area (Å²) < 4.78 is 1.97. The maximum Gasteiger partial charge on any atom is 0.220 e. The van der Waals surface area contributed by atoms with Crippen molar-refractivity contribution in [3.8, 4) is 16.9 Å². The zero-order valence-corrected chi connectivity index (χ0v) is 16.4. The summed E-state index contributed by atoms with van der Waals surface area (Å²) >= 11 is 0. The average molecular weight is 387 g/mol. The second-order valence-corrected chi connectivity index (χ2v) is 8.25. The van der Waals surface area contributed by atoms with Gasteiger partial charge in [-0.3, -0.25) is 14.7 Å². The third-order valence-electron chi connectivity index (χ3n) is 6.27. The molecule has 1 amide bonds. The molecule has 2 fully saturated rings. The fourth-order valence-electron chi connectivity index (χ4n) is 4.52. The van der Waals surface area contributed by atoms with Crippen LogP contribution in [0.4, 0.5) is 0 Å². The van der Waals surface area contributed by atoms with Crippen LogP contribution >= 0.6 is 0 Å². The van der Waals surface area contributed by atoms with Gasteiger partial charge in [0, 0.05) is 49.2 Å². The van der Waals surface area contributed by atoms with Crippen molar-refractivity contribution in [2.45, 2.75) is 25.8 Å². The Labute approximate surface area is 170 Å². The van der Waals surface area contributed by atoms with Crippen molar-refractivity contribution < 1.29 is 4.79 Å². The summed E-state index contributed by atoms with van der Waals surface area (Å²) in [7, 11) is 0. The second kappa shape index (κ2) is 7.44. The van der Waals surface area contributed by atoms with Crippen molar-refractivity contribution in [1.82, 2.24) is 25.0 Å². The second-order valence-electron chi connectivity index (χ2n) is 8.25. The molecule has 1 spiro atoms. The Morgan fingerprint density at radius 2 is 1.79 bits per heavy atom. The van der Waals surface area contributed by atoms with E-state index in [-0.39, 0.29) is 11.3 Å². The zero-order chi connectivity index (χ0) is 19.7. The Hall–Kier alpha value is -2.99. The average Bonchev–Trinajstić information content (AvgIpc) is 3.35. The van der Waals surface area contributed by atoms with Crippen LogP contribution in [0, 0.1) is 5.41 Å². The molecule has 0 atom stereocenters. The van der Waals surface area contributed by atoms with Crippen LogP contribution in [-0.2, 0) is 11.3 Å². The van der Waals surface area contributed by atoms with Crippen molar-refractivity contribution in [1.29, 1.82) is 0 Å². The fourth-order valence-corrected chi connectivity index (χ4v) is 4.52. The highest BCUT2D eigenvalue weighted by atomic mass is 16.1. The molecule has 29 heavy (non-hydrogen) atoms. The molecule has 6 nitrogen and oxygen atoms in total. The minimum atomic E-state index is 0.176. The smallest absolute Gasteiger partial charge is 0.220 e. The number of benzene rings is 1. The molecule has 0 unspecified atom stereocenters. The number of nitrogens with one attached hydrogen (secondary N) is 1. The lowest BCUT2D eigenvalue weighted by molar-refractivity contribution is -0.119. The number of nitrogens with zero attached hydrogens (tertiary/aromatic N) is 4. The first-order chi connectivity index (χ1) is 14.2. The molecule has 2 saturated heterocycles. The summed E-state index contributed by atoms with van der Waals surface area (Å²) in [5, 5.41) is 7.92. The van der Waals surface area contributed by atoms with Gasteiger partial charge in [-0.1, -0.05) is 18.2 Å². The van der Waals surface area contributed by atoms with Crippen molar-refractivity contribution >= 4 is 5.91 Å². The Kier molecular flexibility index (Phi) is 4.64. The summed E-state index contributed by atoms with van der Waals surface area (Å²) in [4.78, 5) is 18.3. The van der Waals surface area contributed by atoms with E-state index >= 15 is 0 Å². The summed E-state index contributed by atoms with van der Waals surface area (Å²) in [5.74, 6) is 0.211. The van der Waals surface area contributed by atoms with Gasteiger partial charge in [-0.05, 0) is 55.6 Å². The normalized spacial score (nSPS) is 18.8. The minimum Gasteiger partial charge on any atom is -0.356 e. The molecular formula is C23H25N5O. The molecule has 2 aliphatic rings. The van der Waals surface area contributed by atoms with E-state index in [1.807, 2.05) is 47.4 Å². The van der Waals surface area contributed by atoms with Gasteiger partial charge in [0.15, 0.2) is 0 Å². The van der Waals surface area contributed by atoms with Gasteiger partial charge < -0.3 is 5.32 Å². The van der Waals surface area contributed by atoms with Crippen LogP contribution in [0.5, 0.6) is 0 Å². The van der Waals surface area contributed by atoms with Gasteiger partial charge in [-0.25, -0.2) is 4.68 Å². The number of para-hydroxylation sites is 1. The number of rotatable bonds is 4. The number of piperidine rings is 1. The predicted molar refractivity (Wildman–Crippen MR) is 111 cm³/mol. The zero-order valence-electron chi connectivity index (χ0n) is 16.4. The molecule has 6 heteroatoms. The molecule has 1 aromatic carbocycles. The number of likely N-dealkylation sites (tertiary alicyclic amines) is 1. The molecular weight excluding hydrogens is 362 g/mol. The van der Waals surface area contributed by atoms with Gasteiger partial charge in [0.1, 0.15) is 0 Å². The molecule has 5 rings (SSSR count). The number of pyridine rings is 1. The van der Waals surface area contributed by atoms with Crippen LogP contribution in [0.15, 0.2) is 61.1 Å². The number of hydrogen-bond donors (Lipinski definition) is 1. The number of carbonyl (C=O) groups excluding carboxylic acids is 1. The van der Waals surface area contributed by atoms with Crippen LogP contribution in [0.2, 0.25) is 0 Å². The predicted octanol–water partition coefficient (Wildman–Crippen LogP) is 3.04. The molecule has 0 saturated carbocycles. The molecule has 4 heterocycles. The highest BCUT2D eigenvalue weighted by Gasteiger charge is 2.40. The lowest BCUT2D eigenvalue weighted by Gasteiger charge is -2.38. The van der Waals surface area contributed by atoms with Gasteiger partial charge in [0.2, 0.25) is 5.91 Å². The largest absolute Gasteiger partial charge is 0.356 e. The molecule has 0 radical (unpaired) electrons. The maximum absolute atomic E-state index is 11.7. The van der Waals surface area contributed by atoms with Crippen molar-refractivity contribution in [3.05, 3.63) is 66.6 Å². The number of carbonyl (C=O) groups is 1. The highest BCUT2D eigenvalue weighted by molar-refractivity contribution is 5.79. The Morgan fingerprint density at radius 1 is 1.03 bits per heavy atom. The molecule has 0 bridgehead atoms. The van der Waals surface area contributed by atoms with Gasteiger partial charge in [0.05, 0.1) is 11.4 Å². The van der Waals surface area contributed by atoms with Gasteiger partial charge in [-0.2, -0.15) is 5.10 Å². The summed E-state index contributed by atoms with van der Waals surface area (Å²) in [5.41, 5.74) is 4.55. The van der Waals surface area contributed by atoms with E-state index in [0.29, 0.717) is 6.42 Å². The van der Waals surface area contributed by atoms with E-state index in [1.165, 1.54) is 5.56 Å². The maximum atomic E-state index is 11.7. The van der Waals surface area contributed by atoms with Crippen molar-refractivity contribution in [2.75, 3.05) is 19.6 Å². The van der Waals surface area contributed by atoms with E-state index in [1.54, 1.807) is 0 Å². The van der Waals surface area contributed by atoms with Crippen LogP contribution in [0.25, 0.3) is 16.9 Å². The molecule has 2 aromatic heterocycles. The minimum absolute atomic E-state index is 0.176. The third-order valence-corrected chi connectivity index (χ3v) is 6.27. The Bertz CT molecular complexity index is 991. The molecule has 0 aliphatic carbocycles. The number of amides is 1. The summed E-state index contributed by atoms with van der Waals surface area (Å²) in [6, 6.07) is 14.3. The van der Waals surface area contributed by atoms with Crippen LogP contribution < -0.4 is 5.32 Å². The topological polar surface area (TPSA) is 63.1 Å². The molecule has 3 aromatic rings. The Balaban J connectivity index is 1.39. The van der Waals surface area contributed by atoms with E-state index in [0.717, 1.165) is 56.0 Å². The summed E-state index contributed by atoms with van der Waals surface area (Å²) in [6.07, 6.45) is 8.61. The first kappa shape index (κ1) is 18.1. The SMILES string of the molecule is O=C1CC2(CCN(Cc3cn(-c4ccccc4)nc3-c3ccncc3)CC2)CN1.